The van der Waals surface area contributed by atoms with Crippen molar-refractivity contribution < 1.29 is 19.1 Å². The molecule has 0 saturated carbocycles. The standard InChI is InChI=1S/C30H35ClN6O4S/c1-35(2)17-24(38)36-14-6-7-18(16-36)33-28(39)27-26-25-22(12-13-32-29(25)42-27)37(30(40)34-26)19-10-11-23(21(31)15-19)41-20-8-4-3-5-9-20/h3-5,8-11,15,18,22,25,29,32H,6-7,12-14,16-17H2,1-2H3,(H,33,39)(H,34,40)/t18-,22?,25?,29?/m1/s1. The topological polar surface area (TPSA) is 106 Å². The normalized spacial score (nSPS) is 25.3. The zero-order valence-electron chi connectivity index (χ0n) is 23.6. The third-order valence-electron chi connectivity index (χ3n) is 8.07. The molecule has 3 unspecified atom stereocenters. The van der Waals surface area contributed by atoms with Crippen LogP contribution in [0.2, 0.25) is 5.02 Å². The van der Waals surface area contributed by atoms with Gasteiger partial charge in [0.25, 0.3) is 5.91 Å². The highest BCUT2D eigenvalue weighted by atomic mass is 35.5. The molecular weight excluding hydrogens is 576 g/mol. The van der Waals surface area contributed by atoms with Crippen LogP contribution in [-0.4, -0.2) is 85.4 Å². The number of urea groups is 1. The van der Waals surface area contributed by atoms with Crippen LogP contribution in [0.25, 0.3) is 0 Å². The molecule has 0 aromatic heterocycles. The number of piperidine rings is 2. The van der Waals surface area contributed by atoms with Crippen LogP contribution in [0.3, 0.4) is 0 Å². The van der Waals surface area contributed by atoms with E-state index in [1.54, 1.807) is 17.0 Å². The molecule has 0 spiro atoms. The molecule has 0 radical (unpaired) electrons. The highest BCUT2D eigenvalue weighted by molar-refractivity contribution is 8.04. The molecule has 4 aliphatic heterocycles. The first-order valence-corrected chi connectivity index (χ1v) is 15.5. The molecule has 2 aromatic rings. The number of likely N-dealkylation sites (tertiary alicyclic amines) is 1. The van der Waals surface area contributed by atoms with Gasteiger partial charge in [-0.2, -0.15) is 0 Å². The van der Waals surface area contributed by atoms with Crippen LogP contribution < -0.4 is 25.6 Å². The predicted molar refractivity (Wildman–Crippen MR) is 164 cm³/mol. The van der Waals surface area contributed by atoms with E-state index in [0.717, 1.165) is 25.8 Å². The number of amides is 4. The van der Waals surface area contributed by atoms with E-state index in [1.165, 1.54) is 11.8 Å². The number of rotatable bonds is 7. The molecule has 3 saturated heterocycles. The third kappa shape index (κ3) is 5.83. The summed E-state index contributed by atoms with van der Waals surface area (Å²) in [6.07, 6.45) is 2.38. The molecule has 4 amide bonds. The minimum atomic E-state index is -0.286. The summed E-state index contributed by atoms with van der Waals surface area (Å²) in [5, 5.41) is 10.1. The van der Waals surface area contributed by atoms with Crippen molar-refractivity contribution in [1.29, 1.82) is 0 Å². The van der Waals surface area contributed by atoms with Crippen LogP contribution in [0.4, 0.5) is 10.5 Å². The van der Waals surface area contributed by atoms with E-state index >= 15 is 0 Å². The van der Waals surface area contributed by atoms with Gasteiger partial charge in [0.2, 0.25) is 5.91 Å². The highest BCUT2D eigenvalue weighted by Gasteiger charge is 2.52. The van der Waals surface area contributed by atoms with Gasteiger partial charge in [0.05, 0.1) is 27.9 Å². The van der Waals surface area contributed by atoms with Crippen molar-refractivity contribution in [3.8, 4) is 11.5 Å². The van der Waals surface area contributed by atoms with Gasteiger partial charge in [-0.1, -0.05) is 41.6 Å². The van der Waals surface area contributed by atoms with Gasteiger partial charge >= 0.3 is 6.03 Å². The number of nitrogens with one attached hydrogen (secondary N) is 3. The maximum atomic E-state index is 13.6. The van der Waals surface area contributed by atoms with Gasteiger partial charge in [-0.05, 0) is 70.2 Å². The minimum Gasteiger partial charge on any atom is -0.456 e. The van der Waals surface area contributed by atoms with Crippen molar-refractivity contribution >= 4 is 46.9 Å². The second kappa shape index (κ2) is 12.2. The van der Waals surface area contributed by atoms with Gasteiger partial charge in [0, 0.05) is 36.4 Å². The Labute approximate surface area is 254 Å². The molecule has 10 nitrogen and oxygen atoms in total. The number of nitrogens with zero attached hydrogens (tertiary/aromatic N) is 3. The summed E-state index contributed by atoms with van der Waals surface area (Å²) in [5.74, 6) is 0.970. The number of halogens is 1. The zero-order valence-corrected chi connectivity index (χ0v) is 25.2. The molecule has 0 aliphatic carbocycles. The first-order valence-electron chi connectivity index (χ1n) is 14.3. The van der Waals surface area contributed by atoms with Crippen LogP contribution in [0.5, 0.6) is 11.5 Å². The van der Waals surface area contributed by atoms with Crippen molar-refractivity contribution in [2.75, 3.05) is 45.2 Å². The lowest BCUT2D eigenvalue weighted by Crippen LogP contribution is -2.62. The quantitative estimate of drug-likeness (QED) is 0.440. The fourth-order valence-corrected chi connectivity index (χ4v) is 7.82. The monoisotopic (exact) mass is 610 g/mol. The molecule has 0 bridgehead atoms. The van der Waals surface area contributed by atoms with Gasteiger partial charge in [-0.25, -0.2) is 4.79 Å². The maximum absolute atomic E-state index is 13.6. The maximum Gasteiger partial charge on any atom is 0.326 e. The molecule has 222 valence electrons. The summed E-state index contributed by atoms with van der Waals surface area (Å²) in [6, 6.07) is 14.2. The second-order valence-electron chi connectivity index (χ2n) is 11.3. The highest BCUT2D eigenvalue weighted by Crippen LogP contribution is 2.48. The van der Waals surface area contributed by atoms with E-state index in [-0.39, 0.29) is 41.2 Å². The van der Waals surface area contributed by atoms with E-state index in [4.69, 9.17) is 16.3 Å². The fraction of sp³-hybridized carbons (Fsp3) is 0.433. The van der Waals surface area contributed by atoms with E-state index in [0.29, 0.717) is 52.4 Å². The zero-order chi connectivity index (χ0) is 29.4. The van der Waals surface area contributed by atoms with Crippen LogP contribution >= 0.6 is 23.4 Å². The molecule has 3 fully saturated rings. The van der Waals surface area contributed by atoms with E-state index in [1.807, 2.05) is 60.3 Å². The molecule has 4 heterocycles. The van der Waals surface area contributed by atoms with Crippen LogP contribution in [0.1, 0.15) is 19.3 Å². The molecule has 3 N–H and O–H groups in total. The SMILES string of the molecule is CN(C)CC(=O)N1CCC[C@@H](NC(=O)C2=C3NC(=O)N(c4ccc(Oc5ccccc5)c(Cl)c4)C4CCNC(S2)C34)C1. The second-order valence-corrected chi connectivity index (χ2v) is 12.9. The fourth-order valence-electron chi connectivity index (χ4n) is 6.20. The lowest BCUT2D eigenvalue weighted by molar-refractivity contribution is -0.133. The van der Waals surface area contributed by atoms with Crippen LogP contribution in [-0.2, 0) is 9.59 Å². The third-order valence-corrected chi connectivity index (χ3v) is 9.72. The Morgan fingerprint density at radius 2 is 1.98 bits per heavy atom. The Bertz CT molecular complexity index is 1410. The number of likely N-dealkylation sites (N-methyl/N-ethyl adjacent to an activating group) is 1. The number of hydrogen-bond donors (Lipinski definition) is 3. The first kappa shape index (κ1) is 28.9. The number of hydrogen-bond acceptors (Lipinski definition) is 7. The molecule has 2 aromatic carbocycles. The molecule has 6 rings (SSSR count). The summed E-state index contributed by atoms with van der Waals surface area (Å²) in [6.45, 7) is 2.26. The first-order chi connectivity index (χ1) is 20.3. The number of benzene rings is 2. The summed E-state index contributed by atoms with van der Waals surface area (Å²) in [7, 11) is 3.74. The summed E-state index contributed by atoms with van der Waals surface area (Å²) in [5.41, 5.74) is 1.35. The Morgan fingerprint density at radius 1 is 1.17 bits per heavy atom. The van der Waals surface area contributed by atoms with Crippen molar-refractivity contribution in [3.63, 3.8) is 0 Å². The minimum absolute atomic E-state index is 0.0386. The Morgan fingerprint density at radius 3 is 2.74 bits per heavy atom. The average molecular weight is 611 g/mol. The summed E-state index contributed by atoms with van der Waals surface area (Å²) >= 11 is 8.08. The summed E-state index contributed by atoms with van der Waals surface area (Å²) in [4.78, 5) is 45.7. The van der Waals surface area contributed by atoms with E-state index < -0.39 is 0 Å². The van der Waals surface area contributed by atoms with E-state index in [9.17, 15) is 14.4 Å². The molecule has 42 heavy (non-hydrogen) atoms. The average Bonchev–Trinajstić information content (AvgIpc) is 3.34. The molecule has 4 aliphatic rings. The van der Waals surface area contributed by atoms with Gasteiger partial charge in [0.15, 0.2) is 0 Å². The van der Waals surface area contributed by atoms with Crippen LogP contribution in [0.15, 0.2) is 59.1 Å². The van der Waals surface area contributed by atoms with Crippen LogP contribution in [0, 0.1) is 5.92 Å². The van der Waals surface area contributed by atoms with Crippen molar-refractivity contribution in [2.45, 2.75) is 36.7 Å². The van der Waals surface area contributed by atoms with Gasteiger partial charge in [0.1, 0.15) is 11.5 Å². The number of para-hydroxylation sites is 1. The Balaban J connectivity index is 1.18. The van der Waals surface area contributed by atoms with E-state index in [2.05, 4.69) is 16.0 Å². The Hall–Kier alpha value is -3.25. The van der Waals surface area contributed by atoms with Gasteiger partial charge < -0.3 is 30.5 Å². The lowest BCUT2D eigenvalue weighted by Gasteiger charge is -2.45. The molecule has 12 heteroatoms. The van der Waals surface area contributed by atoms with Crippen molar-refractivity contribution in [2.24, 2.45) is 5.92 Å². The largest absolute Gasteiger partial charge is 0.456 e. The number of anilines is 1. The number of carbonyl (C=O) groups excluding carboxylic acids is 3. The Kier molecular flexibility index (Phi) is 8.35. The van der Waals surface area contributed by atoms with Gasteiger partial charge in [-0.3, -0.25) is 14.5 Å². The molecular formula is C30H35ClN6O4S. The predicted octanol–water partition coefficient (Wildman–Crippen LogP) is 3.59. The summed E-state index contributed by atoms with van der Waals surface area (Å²) < 4.78 is 5.93. The molecule has 4 atom stereocenters. The van der Waals surface area contributed by atoms with Gasteiger partial charge in [-0.15, -0.1) is 0 Å². The van der Waals surface area contributed by atoms with Crippen molar-refractivity contribution in [1.82, 2.24) is 25.8 Å². The lowest BCUT2D eigenvalue weighted by atomic mass is 9.86. The van der Waals surface area contributed by atoms with Crippen molar-refractivity contribution in [3.05, 3.63) is 64.2 Å². The number of thioether (sulfide) groups is 1. The smallest absolute Gasteiger partial charge is 0.326 e. The number of ether oxygens (including phenoxy) is 1. The number of carbonyl (C=O) groups is 3.